The Morgan fingerprint density at radius 2 is 1.89 bits per heavy atom. The van der Waals surface area contributed by atoms with Crippen LogP contribution in [-0.4, -0.2) is 52.4 Å². The van der Waals surface area contributed by atoms with Crippen molar-refractivity contribution in [2.45, 2.75) is 19.5 Å². The minimum atomic E-state index is 0.117. The van der Waals surface area contributed by atoms with Gasteiger partial charge in [0, 0.05) is 57.0 Å². The van der Waals surface area contributed by atoms with Crippen molar-refractivity contribution >= 4 is 11.9 Å². The summed E-state index contributed by atoms with van der Waals surface area (Å²) in [4.78, 5) is 24.9. The van der Waals surface area contributed by atoms with Crippen molar-refractivity contribution in [3.63, 3.8) is 0 Å². The van der Waals surface area contributed by atoms with Crippen molar-refractivity contribution in [1.29, 1.82) is 0 Å². The molecule has 0 radical (unpaired) electrons. The molecule has 27 heavy (non-hydrogen) atoms. The summed E-state index contributed by atoms with van der Waals surface area (Å²) in [6, 6.07) is 8.22. The molecule has 3 heterocycles. The number of hydrogen-bond acceptors (Lipinski definition) is 6. The van der Waals surface area contributed by atoms with Gasteiger partial charge in [-0.05, 0) is 23.6 Å². The maximum atomic E-state index is 12.2. The first-order chi connectivity index (χ1) is 13.0. The van der Waals surface area contributed by atoms with Crippen LogP contribution in [0.4, 0.5) is 5.95 Å². The molecule has 0 aliphatic carbocycles. The van der Waals surface area contributed by atoms with Crippen LogP contribution < -0.4 is 10.5 Å². The Kier molecular flexibility index (Phi) is 4.70. The number of likely N-dealkylation sites (tertiary alicyclic amines) is 2. The molecule has 3 atom stereocenters. The Balaban J connectivity index is 1.53. The topological polar surface area (TPSA) is 84.6 Å². The van der Waals surface area contributed by atoms with Gasteiger partial charge < -0.3 is 15.4 Å². The first-order valence-corrected chi connectivity index (χ1v) is 9.25. The molecule has 2 aliphatic heterocycles. The first-order valence-electron chi connectivity index (χ1n) is 9.25. The third kappa shape index (κ3) is 3.47. The zero-order chi connectivity index (χ0) is 19.0. The number of amides is 1. The molecule has 142 valence electrons. The van der Waals surface area contributed by atoms with Crippen molar-refractivity contribution in [2.24, 2.45) is 11.8 Å². The summed E-state index contributed by atoms with van der Waals surface area (Å²) in [5, 5.41) is 0. The van der Waals surface area contributed by atoms with Crippen LogP contribution in [0.2, 0.25) is 0 Å². The van der Waals surface area contributed by atoms with E-state index in [2.05, 4.69) is 27.0 Å². The number of nitrogen functional groups attached to an aromatic ring is 1. The Morgan fingerprint density at radius 3 is 2.52 bits per heavy atom. The van der Waals surface area contributed by atoms with Crippen molar-refractivity contribution in [3.05, 3.63) is 47.8 Å². The van der Waals surface area contributed by atoms with Crippen LogP contribution in [-0.2, 0) is 11.3 Å². The zero-order valence-corrected chi connectivity index (χ0v) is 15.7. The molecule has 4 rings (SSSR count). The Morgan fingerprint density at radius 1 is 1.19 bits per heavy atom. The lowest BCUT2D eigenvalue weighted by atomic mass is 9.89. The predicted molar refractivity (Wildman–Crippen MR) is 102 cm³/mol. The van der Waals surface area contributed by atoms with Gasteiger partial charge in [-0.2, -0.15) is 0 Å². The molecule has 1 aromatic carbocycles. The van der Waals surface area contributed by atoms with Crippen molar-refractivity contribution in [3.8, 4) is 5.75 Å². The molecule has 2 saturated heterocycles. The first kappa shape index (κ1) is 17.7. The lowest BCUT2D eigenvalue weighted by molar-refractivity contribution is -0.130. The SMILES string of the molecule is COc1ccc([C@H]2[C@@H]3CN(Cc4cnc(N)nc4)C[C@@H]3CN2C(C)=O)cc1. The summed E-state index contributed by atoms with van der Waals surface area (Å²) in [6.45, 7) is 5.22. The molecule has 7 heteroatoms. The van der Waals surface area contributed by atoms with E-state index in [0.29, 0.717) is 17.8 Å². The number of hydrogen-bond donors (Lipinski definition) is 1. The standard InChI is InChI=1S/C20H25N5O2/c1-13(26)25-11-16-10-24(9-14-7-22-20(21)23-8-14)12-18(16)19(25)15-3-5-17(27-2)6-4-15/h3-8,16,18-19H,9-12H2,1-2H3,(H2,21,22,23)/t16-,18-,19+/m1/s1. The van der Waals surface area contributed by atoms with Crippen LogP contribution in [0.15, 0.2) is 36.7 Å². The number of fused-ring (bicyclic) bond motifs is 1. The third-order valence-corrected chi connectivity index (χ3v) is 5.73. The van der Waals surface area contributed by atoms with Crippen LogP contribution in [0.1, 0.15) is 24.1 Å². The van der Waals surface area contributed by atoms with E-state index in [1.54, 1.807) is 26.4 Å². The average molecular weight is 367 g/mol. The molecule has 2 aliphatic rings. The maximum absolute atomic E-state index is 12.2. The monoisotopic (exact) mass is 367 g/mol. The second-order valence-electron chi connectivity index (χ2n) is 7.46. The molecule has 1 aromatic heterocycles. The van der Waals surface area contributed by atoms with Gasteiger partial charge in [-0.15, -0.1) is 0 Å². The summed E-state index contributed by atoms with van der Waals surface area (Å²) in [5.74, 6) is 2.18. The third-order valence-electron chi connectivity index (χ3n) is 5.73. The number of benzene rings is 1. The van der Waals surface area contributed by atoms with E-state index in [9.17, 15) is 4.79 Å². The second-order valence-corrected chi connectivity index (χ2v) is 7.46. The quantitative estimate of drug-likeness (QED) is 0.886. The van der Waals surface area contributed by atoms with Crippen LogP contribution in [0.3, 0.4) is 0 Å². The van der Waals surface area contributed by atoms with Gasteiger partial charge >= 0.3 is 0 Å². The smallest absolute Gasteiger partial charge is 0.219 e. The van der Waals surface area contributed by atoms with Crippen molar-refractivity contribution in [2.75, 3.05) is 32.5 Å². The van der Waals surface area contributed by atoms with E-state index < -0.39 is 0 Å². The van der Waals surface area contributed by atoms with Crippen LogP contribution in [0, 0.1) is 11.8 Å². The number of methoxy groups -OCH3 is 1. The largest absolute Gasteiger partial charge is 0.497 e. The summed E-state index contributed by atoms with van der Waals surface area (Å²) in [7, 11) is 1.66. The normalized spacial score (nSPS) is 24.8. The summed E-state index contributed by atoms with van der Waals surface area (Å²) < 4.78 is 5.28. The van der Waals surface area contributed by atoms with Gasteiger partial charge in [-0.3, -0.25) is 9.69 Å². The molecular weight excluding hydrogens is 342 g/mol. The fraction of sp³-hybridized carbons (Fsp3) is 0.450. The minimum absolute atomic E-state index is 0.117. The summed E-state index contributed by atoms with van der Waals surface area (Å²) in [5.41, 5.74) is 7.81. The number of nitrogens with two attached hydrogens (primary N) is 1. The van der Waals surface area contributed by atoms with Gasteiger partial charge in [0.15, 0.2) is 0 Å². The van der Waals surface area contributed by atoms with Gasteiger partial charge in [-0.25, -0.2) is 9.97 Å². The fourth-order valence-corrected chi connectivity index (χ4v) is 4.52. The van der Waals surface area contributed by atoms with Crippen molar-refractivity contribution < 1.29 is 9.53 Å². The molecule has 0 saturated carbocycles. The van der Waals surface area contributed by atoms with Crippen molar-refractivity contribution in [1.82, 2.24) is 19.8 Å². The van der Waals surface area contributed by atoms with Gasteiger partial charge in [0.2, 0.25) is 11.9 Å². The highest BCUT2D eigenvalue weighted by Crippen LogP contribution is 2.45. The van der Waals surface area contributed by atoms with Gasteiger partial charge in [0.1, 0.15) is 5.75 Å². The number of carbonyl (C=O) groups is 1. The van der Waals surface area contributed by atoms with Gasteiger partial charge in [-0.1, -0.05) is 12.1 Å². The van der Waals surface area contributed by atoms with E-state index in [1.807, 2.05) is 17.0 Å². The zero-order valence-electron chi connectivity index (χ0n) is 15.7. The minimum Gasteiger partial charge on any atom is -0.497 e. The highest BCUT2D eigenvalue weighted by molar-refractivity contribution is 5.74. The Labute approximate surface area is 159 Å². The van der Waals surface area contributed by atoms with E-state index in [1.165, 1.54) is 5.56 Å². The molecule has 1 amide bonds. The molecular formula is C20H25N5O2. The van der Waals surface area contributed by atoms with Gasteiger partial charge in [0.05, 0.1) is 13.2 Å². The Bertz CT molecular complexity index is 808. The highest BCUT2D eigenvalue weighted by atomic mass is 16.5. The summed E-state index contributed by atoms with van der Waals surface area (Å²) >= 11 is 0. The lowest BCUT2D eigenvalue weighted by Gasteiger charge is -2.29. The molecule has 2 fully saturated rings. The fourth-order valence-electron chi connectivity index (χ4n) is 4.52. The van der Waals surface area contributed by atoms with Crippen LogP contribution in [0.25, 0.3) is 0 Å². The molecule has 0 bridgehead atoms. The number of carbonyl (C=O) groups excluding carboxylic acids is 1. The lowest BCUT2D eigenvalue weighted by Crippen LogP contribution is -2.34. The number of nitrogens with zero attached hydrogens (tertiary/aromatic N) is 4. The van der Waals surface area contributed by atoms with E-state index >= 15 is 0 Å². The van der Waals surface area contributed by atoms with E-state index in [4.69, 9.17) is 10.5 Å². The average Bonchev–Trinajstić information content (AvgIpc) is 3.21. The molecule has 2 aromatic rings. The molecule has 0 spiro atoms. The number of aromatic nitrogens is 2. The number of rotatable bonds is 4. The summed E-state index contributed by atoms with van der Waals surface area (Å²) in [6.07, 6.45) is 3.58. The second kappa shape index (κ2) is 7.15. The highest BCUT2D eigenvalue weighted by Gasteiger charge is 2.48. The van der Waals surface area contributed by atoms with Gasteiger partial charge in [0.25, 0.3) is 0 Å². The Hall–Kier alpha value is -2.67. The van der Waals surface area contributed by atoms with Crippen LogP contribution in [0.5, 0.6) is 5.75 Å². The number of ether oxygens (including phenoxy) is 1. The predicted octanol–water partition coefficient (Wildman–Crippen LogP) is 1.72. The van der Waals surface area contributed by atoms with Crippen LogP contribution >= 0.6 is 0 Å². The van der Waals surface area contributed by atoms with E-state index in [-0.39, 0.29) is 11.9 Å². The van der Waals surface area contributed by atoms with E-state index in [0.717, 1.165) is 37.5 Å². The number of anilines is 1. The molecule has 0 unspecified atom stereocenters. The maximum Gasteiger partial charge on any atom is 0.219 e. The molecule has 7 nitrogen and oxygen atoms in total. The molecule has 2 N–H and O–H groups in total.